The Balaban J connectivity index is 1.59. The number of hydrogen-bond acceptors (Lipinski definition) is 10. The molecule has 2 aliphatic rings. The zero-order valence-corrected chi connectivity index (χ0v) is 23.8. The molecule has 12 nitrogen and oxygen atoms in total. The summed E-state index contributed by atoms with van der Waals surface area (Å²) in [4.78, 5) is 30.0. The summed E-state index contributed by atoms with van der Waals surface area (Å²) in [5.41, 5.74) is 6.35. The number of aromatic nitrogens is 2. The van der Waals surface area contributed by atoms with Gasteiger partial charge in [-0.15, -0.1) is 0 Å². The van der Waals surface area contributed by atoms with Gasteiger partial charge >= 0.3 is 11.8 Å². The highest BCUT2D eigenvalue weighted by molar-refractivity contribution is 6.04. The average Bonchev–Trinajstić information content (AvgIpc) is 3.52. The average molecular weight is 573 g/mol. The van der Waals surface area contributed by atoms with Gasteiger partial charge in [0.25, 0.3) is 0 Å². The van der Waals surface area contributed by atoms with Crippen molar-refractivity contribution in [2.24, 2.45) is 16.0 Å². The van der Waals surface area contributed by atoms with E-state index in [1.54, 1.807) is 20.2 Å². The van der Waals surface area contributed by atoms with E-state index < -0.39 is 17.4 Å². The Morgan fingerprint density at radius 3 is 2.55 bits per heavy atom. The van der Waals surface area contributed by atoms with Crippen molar-refractivity contribution in [1.29, 1.82) is 0 Å². The number of esters is 1. The molecule has 0 fully saturated rings. The number of rotatable bonds is 5. The number of ether oxygens (including phenoxy) is 2. The fourth-order valence-corrected chi connectivity index (χ4v) is 4.73. The number of nitrogens with two attached hydrogens (primary N) is 1. The van der Waals surface area contributed by atoms with Gasteiger partial charge in [-0.25, -0.2) is 14.6 Å². The van der Waals surface area contributed by atoms with E-state index in [2.05, 4.69) is 15.6 Å². The van der Waals surface area contributed by atoms with Gasteiger partial charge in [0.05, 0.1) is 0 Å². The summed E-state index contributed by atoms with van der Waals surface area (Å²) in [7, 11) is 1.56. The topological polar surface area (TPSA) is 159 Å². The van der Waals surface area contributed by atoms with Crippen molar-refractivity contribution < 1.29 is 23.1 Å². The smallest absolute Gasteiger partial charge is 0.453 e. The number of amidine groups is 1. The van der Waals surface area contributed by atoms with Gasteiger partial charge in [-0.05, 0) is 43.9 Å². The molecule has 0 aliphatic carbocycles. The lowest BCUT2D eigenvalue weighted by Crippen LogP contribution is -2.25. The molecule has 2 bridgehead atoms. The number of fused-ring (bicyclic) bond motifs is 6. The predicted molar refractivity (Wildman–Crippen MR) is 155 cm³/mol. The number of nitrogens with zero attached hydrogens (tertiary/aromatic N) is 4. The minimum absolute atomic E-state index is 0.137. The third kappa shape index (κ3) is 5.75. The highest BCUT2D eigenvalue weighted by Gasteiger charge is 2.34. The van der Waals surface area contributed by atoms with Gasteiger partial charge in [0.2, 0.25) is 0 Å². The van der Waals surface area contributed by atoms with Gasteiger partial charge in [-0.1, -0.05) is 48.5 Å². The van der Waals surface area contributed by atoms with Crippen molar-refractivity contribution in [2.75, 3.05) is 7.11 Å². The minimum atomic E-state index is -0.914. The third-order valence-corrected chi connectivity index (χ3v) is 7.17. The maximum absolute atomic E-state index is 13.7. The quantitative estimate of drug-likeness (QED) is 0.206. The summed E-state index contributed by atoms with van der Waals surface area (Å²) in [5.74, 6) is 5.68. The summed E-state index contributed by atoms with van der Waals surface area (Å²) in [6.45, 7) is 5.29. The van der Waals surface area contributed by atoms with Gasteiger partial charge in [0.1, 0.15) is 17.1 Å². The minimum Gasteiger partial charge on any atom is -0.453 e. The lowest BCUT2D eigenvalue weighted by Gasteiger charge is -2.22. The number of methoxy groups -OCH3 is 1. The second-order valence-corrected chi connectivity index (χ2v) is 10.2. The molecule has 0 saturated heterocycles. The van der Waals surface area contributed by atoms with Crippen molar-refractivity contribution in [3.63, 3.8) is 0 Å². The number of nitrogens with one attached hydrogen (secondary N) is 1. The number of aryl methyl sites for hydroxylation is 2. The van der Waals surface area contributed by atoms with Crippen molar-refractivity contribution in [2.45, 2.75) is 52.4 Å². The molecule has 0 atom stereocenters. The Hall–Kier alpha value is -4.97. The molecule has 2 aromatic heterocycles. The van der Waals surface area contributed by atoms with Gasteiger partial charge < -0.3 is 28.7 Å². The van der Waals surface area contributed by atoms with Crippen LogP contribution in [-0.4, -0.2) is 34.7 Å². The normalized spacial score (nSPS) is 15.3. The maximum atomic E-state index is 13.7. The molecule has 4 heterocycles. The van der Waals surface area contributed by atoms with Gasteiger partial charge in [0.15, 0.2) is 29.7 Å². The first-order valence-corrected chi connectivity index (χ1v) is 13.4. The molecular formula is C30H32N6O6. The second-order valence-electron chi connectivity index (χ2n) is 10.2. The van der Waals surface area contributed by atoms with Crippen molar-refractivity contribution >= 4 is 18.0 Å². The number of hydrogen-bond donors (Lipinski definition) is 2. The molecule has 0 saturated carbocycles. The van der Waals surface area contributed by atoms with Crippen LogP contribution in [0, 0.1) is 6.92 Å². The van der Waals surface area contributed by atoms with Crippen LogP contribution < -0.4 is 17.1 Å². The lowest BCUT2D eigenvalue weighted by atomic mass is 9.98. The Labute approximate surface area is 241 Å². The van der Waals surface area contributed by atoms with E-state index in [0.29, 0.717) is 36.7 Å². The molecular weight excluding hydrogens is 540 g/mol. The molecule has 4 aromatic rings. The second kappa shape index (κ2) is 11.9. The molecule has 0 unspecified atom stereocenters. The van der Waals surface area contributed by atoms with Crippen molar-refractivity contribution in [3.05, 3.63) is 99.0 Å². The molecule has 2 aromatic carbocycles. The van der Waals surface area contributed by atoms with E-state index in [0.717, 1.165) is 22.3 Å². The molecule has 0 amide bonds. The van der Waals surface area contributed by atoms with E-state index in [1.807, 2.05) is 66.9 Å². The van der Waals surface area contributed by atoms with Crippen molar-refractivity contribution in [1.82, 2.24) is 15.0 Å². The Kier molecular flexibility index (Phi) is 8.07. The summed E-state index contributed by atoms with van der Waals surface area (Å²) in [6, 6.07) is 15.8. The number of carbonyl (C=O) groups excluding carboxylic acids is 1. The van der Waals surface area contributed by atoms with E-state index in [4.69, 9.17) is 29.1 Å². The first-order valence-electron chi connectivity index (χ1n) is 13.4. The Morgan fingerprint density at radius 1 is 1.14 bits per heavy atom. The summed E-state index contributed by atoms with van der Waals surface area (Å²) in [5, 5.41) is 8.26. The molecule has 6 rings (SSSR count). The molecule has 0 radical (unpaired) electrons. The first kappa shape index (κ1) is 28.6. The van der Waals surface area contributed by atoms with Crippen LogP contribution in [0.2, 0.25) is 0 Å². The Morgan fingerprint density at radius 2 is 1.88 bits per heavy atom. The fraction of sp³-hybridized carbons (Fsp3) is 0.300. The number of benzene rings is 2. The molecule has 0 spiro atoms. The highest BCUT2D eigenvalue weighted by Crippen LogP contribution is 2.30. The number of imidazole rings is 1. The van der Waals surface area contributed by atoms with Crippen LogP contribution >= 0.6 is 0 Å². The Bertz CT molecular complexity index is 1710. The summed E-state index contributed by atoms with van der Waals surface area (Å²) in [6.07, 6.45) is 2.67. The largest absolute Gasteiger partial charge is 0.519 e. The lowest BCUT2D eigenvalue weighted by molar-refractivity contribution is 0.0124. The summed E-state index contributed by atoms with van der Waals surface area (Å²) < 4.78 is 23.1. The van der Waals surface area contributed by atoms with E-state index in [9.17, 15) is 9.59 Å². The molecule has 218 valence electrons. The van der Waals surface area contributed by atoms with Gasteiger partial charge in [-0.2, -0.15) is 10.2 Å². The van der Waals surface area contributed by atoms with E-state index in [1.165, 1.54) is 0 Å². The molecule has 2 aliphatic heterocycles. The standard InChI is InChI=1S/C30H32N6O6/c1-18-23(42-29(38)41-18)17-40-28(37)25-26(30(2,3)39-4)33-24-10-7-15-32-35-27(34-31)22-9-6-5-8-21(22)20-13-11-19(12-14-20)16-36(24)25/h5-6,8-9,11-15H,7,10,16-17,31H2,1-4H3,(H,34,35)/b32-15+. The highest BCUT2D eigenvalue weighted by atomic mass is 16.6. The zero-order chi connectivity index (χ0) is 29.9. The van der Waals surface area contributed by atoms with Crippen LogP contribution in [0.3, 0.4) is 0 Å². The summed E-state index contributed by atoms with van der Waals surface area (Å²) >= 11 is 0. The fourth-order valence-electron chi connectivity index (χ4n) is 4.73. The maximum Gasteiger partial charge on any atom is 0.519 e. The molecule has 42 heavy (non-hydrogen) atoms. The van der Waals surface area contributed by atoms with Crippen LogP contribution in [0.15, 0.2) is 72.4 Å². The van der Waals surface area contributed by atoms with Crippen LogP contribution in [-0.2, 0) is 34.6 Å². The van der Waals surface area contributed by atoms with E-state index >= 15 is 0 Å². The number of hydrazone groups is 2. The van der Waals surface area contributed by atoms with Crippen LogP contribution in [0.5, 0.6) is 0 Å². The number of carbonyl (C=O) groups is 1. The monoisotopic (exact) mass is 572 g/mol. The van der Waals surface area contributed by atoms with Crippen LogP contribution in [0.1, 0.15) is 64.9 Å². The van der Waals surface area contributed by atoms with Gasteiger partial charge in [0, 0.05) is 31.9 Å². The molecule has 12 heteroatoms. The molecule has 3 N–H and O–H groups in total. The van der Waals surface area contributed by atoms with E-state index in [-0.39, 0.29) is 23.8 Å². The van der Waals surface area contributed by atoms with Crippen molar-refractivity contribution in [3.8, 4) is 11.1 Å². The van der Waals surface area contributed by atoms with Crippen LogP contribution in [0.4, 0.5) is 0 Å². The predicted octanol–water partition coefficient (Wildman–Crippen LogP) is 3.83. The van der Waals surface area contributed by atoms with Gasteiger partial charge in [-0.3, -0.25) is 5.43 Å². The van der Waals surface area contributed by atoms with Crippen LogP contribution in [0.25, 0.3) is 11.1 Å². The third-order valence-electron chi connectivity index (χ3n) is 7.17. The first-order chi connectivity index (χ1) is 20.2. The SMILES string of the molecule is COC(C)(C)c1nc2n(c1C(=O)OCc1oc(=O)oc1C)Cc1ccc(cc1)-c1ccccc1C(=NN)N/N=C/CC2. The zero-order valence-electron chi connectivity index (χ0n) is 23.8.